The Labute approximate surface area is 183 Å². The number of carbonyl (C=O) groups is 2. The number of carbonyl (C=O) groups excluding carboxylic acids is 2. The zero-order chi connectivity index (χ0) is 21.6. The summed E-state index contributed by atoms with van der Waals surface area (Å²) in [5.74, 6) is 0.911. The molecule has 0 radical (unpaired) electrons. The van der Waals surface area contributed by atoms with E-state index >= 15 is 0 Å². The maximum atomic E-state index is 12.4. The quantitative estimate of drug-likeness (QED) is 0.658. The van der Waals surface area contributed by atoms with Gasteiger partial charge in [0.05, 0.1) is 0 Å². The molecule has 1 saturated carbocycles. The van der Waals surface area contributed by atoms with E-state index in [0.717, 1.165) is 42.9 Å². The molecule has 0 atom stereocenters. The van der Waals surface area contributed by atoms with Crippen molar-refractivity contribution in [3.05, 3.63) is 53.2 Å². The molecular formula is C24H31N5O2. The number of aryl methyl sites for hydroxylation is 1. The molecule has 2 aromatic rings. The first-order valence-corrected chi connectivity index (χ1v) is 11.2. The number of nitrogens with zero attached hydrogens (tertiary/aromatic N) is 2. The zero-order valence-corrected chi connectivity index (χ0v) is 18.1. The summed E-state index contributed by atoms with van der Waals surface area (Å²) in [5.41, 5.74) is 3.04. The van der Waals surface area contributed by atoms with Gasteiger partial charge in [-0.05, 0) is 61.9 Å². The highest BCUT2D eigenvalue weighted by atomic mass is 16.2. The number of hydrogen-bond acceptors (Lipinski definition) is 4. The Morgan fingerprint density at radius 1 is 1.06 bits per heavy atom. The van der Waals surface area contributed by atoms with Crippen LogP contribution in [0.5, 0.6) is 0 Å². The Hall–Kier alpha value is -3.09. The standard InChI is InChI=1S/C24H31N5O2/c1-17-6-8-19(23(30)27-20-9-10-20)14-21(17)28-24(31)26-16-18-7-11-22(25-15-18)29-12-4-2-3-5-13-29/h6-8,11,14-15,20H,2-5,9-10,12-13,16H2,1H3,(H,27,30)(H2,26,28,31). The molecular weight excluding hydrogens is 390 g/mol. The molecule has 1 aliphatic carbocycles. The van der Waals surface area contributed by atoms with Gasteiger partial charge in [0.1, 0.15) is 5.82 Å². The summed E-state index contributed by atoms with van der Waals surface area (Å²) >= 11 is 0. The van der Waals surface area contributed by atoms with Crippen LogP contribution in [0.15, 0.2) is 36.5 Å². The van der Waals surface area contributed by atoms with Crippen LogP contribution >= 0.6 is 0 Å². The third-order valence-corrected chi connectivity index (χ3v) is 5.85. The topological polar surface area (TPSA) is 86.4 Å². The van der Waals surface area contributed by atoms with Crippen LogP contribution in [0.3, 0.4) is 0 Å². The minimum absolute atomic E-state index is 0.0958. The largest absolute Gasteiger partial charge is 0.357 e. The first-order chi connectivity index (χ1) is 15.1. The van der Waals surface area contributed by atoms with E-state index < -0.39 is 0 Å². The number of urea groups is 1. The first kappa shape index (κ1) is 21.2. The predicted molar refractivity (Wildman–Crippen MR) is 122 cm³/mol. The van der Waals surface area contributed by atoms with E-state index in [0.29, 0.717) is 23.8 Å². The van der Waals surface area contributed by atoms with Crippen LogP contribution in [-0.2, 0) is 6.54 Å². The summed E-state index contributed by atoms with van der Waals surface area (Å²) in [4.78, 5) is 31.6. The summed E-state index contributed by atoms with van der Waals surface area (Å²) in [6.07, 6.45) is 8.93. The summed E-state index contributed by atoms with van der Waals surface area (Å²) in [5, 5.41) is 8.70. The number of hydrogen-bond donors (Lipinski definition) is 3. The molecule has 0 unspecified atom stereocenters. The lowest BCUT2D eigenvalue weighted by atomic mass is 10.1. The van der Waals surface area contributed by atoms with Crippen LogP contribution < -0.4 is 20.9 Å². The number of amides is 3. The van der Waals surface area contributed by atoms with Crippen LogP contribution in [0.1, 0.15) is 60.0 Å². The van der Waals surface area contributed by atoms with Gasteiger partial charge in [-0.1, -0.05) is 25.0 Å². The summed E-state index contributed by atoms with van der Waals surface area (Å²) in [6, 6.07) is 9.40. The maximum absolute atomic E-state index is 12.4. The van der Waals surface area contributed by atoms with Gasteiger partial charge in [0.2, 0.25) is 0 Å². The van der Waals surface area contributed by atoms with Crippen molar-refractivity contribution in [2.45, 2.75) is 58.0 Å². The first-order valence-electron chi connectivity index (χ1n) is 11.2. The van der Waals surface area contributed by atoms with Crippen molar-refractivity contribution in [3.8, 4) is 0 Å². The van der Waals surface area contributed by atoms with Crippen LogP contribution in [-0.4, -0.2) is 36.1 Å². The van der Waals surface area contributed by atoms with Gasteiger partial charge in [-0.25, -0.2) is 9.78 Å². The molecule has 4 rings (SSSR count). The minimum atomic E-state index is -0.306. The monoisotopic (exact) mass is 421 g/mol. The second kappa shape index (κ2) is 9.81. The van der Waals surface area contributed by atoms with Gasteiger partial charge in [-0.3, -0.25) is 4.79 Å². The Kier molecular flexibility index (Phi) is 6.70. The van der Waals surface area contributed by atoms with Crippen LogP contribution in [0.2, 0.25) is 0 Å². The minimum Gasteiger partial charge on any atom is -0.357 e. The Morgan fingerprint density at radius 3 is 2.52 bits per heavy atom. The van der Waals surface area contributed by atoms with Gasteiger partial charge in [-0.15, -0.1) is 0 Å². The third kappa shape index (κ3) is 5.96. The predicted octanol–water partition coefficient (Wildman–Crippen LogP) is 3.98. The molecule has 1 aromatic heterocycles. The van der Waals surface area contributed by atoms with Crippen molar-refractivity contribution < 1.29 is 9.59 Å². The zero-order valence-electron chi connectivity index (χ0n) is 18.1. The van der Waals surface area contributed by atoms with Crippen LogP contribution in [0, 0.1) is 6.92 Å². The molecule has 0 spiro atoms. The molecule has 3 N–H and O–H groups in total. The highest BCUT2D eigenvalue weighted by Gasteiger charge is 2.24. The fourth-order valence-corrected chi connectivity index (χ4v) is 3.75. The summed E-state index contributed by atoms with van der Waals surface area (Å²) in [6.45, 7) is 4.41. The molecule has 2 heterocycles. The van der Waals surface area contributed by atoms with Gasteiger partial charge in [0.15, 0.2) is 0 Å². The molecule has 1 aliphatic heterocycles. The van der Waals surface area contributed by atoms with Gasteiger partial charge in [0.25, 0.3) is 5.91 Å². The van der Waals surface area contributed by atoms with Crippen molar-refractivity contribution in [1.82, 2.24) is 15.6 Å². The van der Waals surface area contributed by atoms with E-state index in [9.17, 15) is 9.59 Å². The van der Waals surface area contributed by atoms with Gasteiger partial charge in [-0.2, -0.15) is 0 Å². The number of nitrogens with one attached hydrogen (secondary N) is 3. The number of rotatable bonds is 6. The molecule has 1 saturated heterocycles. The smallest absolute Gasteiger partial charge is 0.319 e. The van der Waals surface area contributed by atoms with E-state index in [-0.39, 0.29) is 11.9 Å². The highest BCUT2D eigenvalue weighted by molar-refractivity contribution is 5.97. The average Bonchev–Trinajstić information content (AvgIpc) is 3.61. The SMILES string of the molecule is Cc1ccc(C(=O)NC2CC2)cc1NC(=O)NCc1ccc(N2CCCCCC2)nc1. The molecule has 7 heteroatoms. The van der Waals surface area contributed by atoms with Crippen molar-refractivity contribution >= 4 is 23.4 Å². The van der Waals surface area contributed by atoms with E-state index in [1.807, 2.05) is 31.3 Å². The normalized spacial score (nSPS) is 16.4. The lowest BCUT2D eigenvalue weighted by Crippen LogP contribution is -2.29. The van der Waals surface area contributed by atoms with Crippen LogP contribution in [0.25, 0.3) is 0 Å². The highest BCUT2D eigenvalue weighted by Crippen LogP contribution is 2.21. The number of aromatic nitrogens is 1. The van der Waals surface area contributed by atoms with Crippen LogP contribution in [0.4, 0.5) is 16.3 Å². The van der Waals surface area contributed by atoms with E-state index in [2.05, 4.69) is 25.8 Å². The lowest BCUT2D eigenvalue weighted by molar-refractivity contribution is 0.0951. The molecule has 31 heavy (non-hydrogen) atoms. The fourth-order valence-electron chi connectivity index (χ4n) is 3.75. The second-order valence-corrected chi connectivity index (χ2v) is 8.51. The van der Waals surface area contributed by atoms with Gasteiger partial charge < -0.3 is 20.9 Å². The number of pyridine rings is 1. The third-order valence-electron chi connectivity index (χ3n) is 5.85. The fraction of sp³-hybridized carbons (Fsp3) is 0.458. The average molecular weight is 422 g/mol. The molecule has 7 nitrogen and oxygen atoms in total. The number of benzene rings is 1. The second-order valence-electron chi connectivity index (χ2n) is 8.51. The maximum Gasteiger partial charge on any atom is 0.319 e. The molecule has 2 fully saturated rings. The molecule has 2 aliphatic rings. The molecule has 1 aromatic carbocycles. The van der Waals surface area contributed by atoms with Crippen molar-refractivity contribution in [2.75, 3.05) is 23.3 Å². The molecule has 164 valence electrons. The summed E-state index contributed by atoms with van der Waals surface area (Å²) < 4.78 is 0. The van der Waals surface area contributed by atoms with E-state index in [1.165, 1.54) is 25.7 Å². The van der Waals surface area contributed by atoms with Crippen molar-refractivity contribution in [1.29, 1.82) is 0 Å². The Bertz CT molecular complexity index is 916. The van der Waals surface area contributed by atoms with Gasteiger partial charge in [0, 0.05) is 43.1 Å². The van der Waals surface area contributed by atoms with Crippen molar-refractivity contribution in [3.63, 3.8) is 0 Å². The van der Waals surface area contributed by atoms with E-state index in [1.54, 1.807) is 12.1 Å². The summed E-state index contributed by atoms with van der Waals surface area (Å²) in [7, 11) is 0. The van der Waals surface area contributed by atoms with E-state index in [4.69, 9.17) is 0 Å². The van der Waals surface area contributed by atoms with Crippen molar-refractivity contribution in [2.24, 2.45) is 0 Å². The van der Waals surface area contributed by atoms with Gasteiger partial charge >= 0.3 is 6.03 Å². The Morgan fingerprint density at radius 2 is 1.84 bits per heavy atom. The lowest BCUT2D eigenvalue weighted by Gasteiger charge is -2.21. The molecule has 3 amide bonds. The Balaban J connectivity index is 1.30. The number of anilines is 2. The molecule has 0 bridgehead atoms.